The van der Waals surface area contributed by atoms with E-state index < -0.39 is 17.9 Å². The summed E-state index contributed by atoms with van der Waals surface area (Å²) in [5, 5.41) is 13.1. The van der Waals surface area contributed by atoms with Crippen LogP contribution in [-0.2, 0) is 16.1 Å². The average Bonchev–Trinajstić information content (AvgIpc) is 3.55. The predicted molar refractivity (Wildman–Crippen MR) is 187 cm³/mol. The van der Waals surface area contributed by atoms with Crippen LogP contribution < -0.4 is 5.32 Å². The second-order valence-electron chi connectivity index (χ2n) is 12.1. The van der Waals surface area contributed by atoms with Crippen LogP contribution in [0.15, 0.2) is 83.3 Å². The molecule has 1 heterocycles. The van der Waals surface area contributed by atoms with Crippen molar-refractivity contribution in [2.75, 3.05) is 18.6 Å². The number of rotatable bonds is 14. The Bertz CT molecular complexity index is 1610. The van der Waals surface area contributed by atoms with E-state index in [9.17, 15) is 14.7 Å². The van der Waals surface area contributed by atoms with Crippen LogP contribution in [0.1, 0.15) is 71.7 Å². The summed E-state index contributed by atoms with van der Waals surface area (Å²) in [4.78, 5) is 25.3. The molecular formula is C38H42ClNO5S. The summed E-state index contributed by atoms with van der Waals surface area (Å²) < 4.78 is 12.8. The Labute approximate surface area is 280 Å². The van der Waals surface area contributed by atoms with Crippen LogP contribution in [0.3, 0.4) is 0 Å². The quantitative estimate of drug-likeness (QED) is 0.140. The molecule has 242 valence electrons. The molecule has 1 unspecified atom stereocenters. The number of halogens is 1. The Balaban J connectivity index is 1.35. The number of hydrogen-bond acceptors (Lipinski definition) is 5. The van der Waals surface area contributed by atoms with Gasteiger partial charge in [0.2, 0.25) is 0 Å². The van der Waals surface area contributed by atoms with E-state index in [1.54, 1.807) is 17.8 Å². The van der Waals surface area contributed by atoms with Crippen LogP contribution in [0.25, 0.3) is 22.5 Å². The Morgan fingerprint density at radius 3 is 2.48 bits per heavy atom. The van der Waals surface area contributed by atoms with Gasteiger partial charge < -0.3 is 19.6 Å². The zero-order chi connectivity index (χ0) is 32.5. The Morgan fingerprint density at radius 2 is 1.76 bits per heavy atom. The van der Waals surface area contributed by atoms with Crippen LogP contribution in [0.5, 0.6) is 0 Å². The second-order valence-corrected chi connectivity index (χ2v) is 13.5. The fraction of sp³-hybridized carbons (Fsp3) is 0.368. The minimum atomic E-state index is -1.03. The molecule has 1 saturated carbocycles. The fourth-order valence-corrected chi connectivity index (χ4v) is 6.92. The van der Waals surface area contributed by atoms with Crippen molar-refractivity contribution in [3.8, 4) is 22.5 Å². The van der Waals surface area contributed by atoms with Gasteiger partial charge in [-0.25, -0.2) is 4.79 Å². The highest BCUT2D eigenvalue weighted by atomic mass is 35.5. The number of thioether (sulfide) groups is 1. The van der Waals surface area contributed by atoms with Crippen LogP contribution in [-0.4, -0.2) is 41.6 Å². The lowest BCUT2D eigenvalue weighted by atomic mass is 9.79. The number of aliphatic carboxylic acids is 1. The molecule has 0 aliphatic heterocycles. The predicted octanol–water partition coefficient (Wildman–Crippen LogP) is 9.39. The van der Waals surface area contributed by atoms with E-state index in [1.807, 2.05) is 79.9 Å². The van der Waals surface area contributed by atoms with Gasteiger partial charge in [0.05, 0.1) is 13.2 Å². The molecule has 0 radical (unpaired) electrons. The van der Waals surface area contributed by atoms with Crippen molar-refractivity contribution >= 4 is 35.2 Å². The smallest absolute Gasteiger partial charge is 0.326 e. The van der Waals surface area contributed by atoms with Crippen molar-refractivity contribution in [2.24, 2.45) is 5.92 Å². The van der Waals surface area contributed by atoms with E-state index in [4.69, 9.17) is 20.8 Å². The first-order valence-electron chi connectivity index (χ1n) is 16.0. The highest BCUT2D eigenvalue weighted by molar-refractivity contribution is 7.98. The first kappa shape index (κ1) is 33.8. The molecule has 1 aromatic heterocycles. The molecule has 46 heavy (non-hydrogen) atoms. The number of furan rings is 1. The number of aryl methyl sites for hydroxylation is 1. The van der Waals surface area contributed by atoms with E-state index in [-0.39, 0.29) is 5.92 Å². The first-order valence-corrected chi connectivity index (χ1v) is 17.8. The van der Waals surface area contributed by atoms with E-state index in [2.05, 4.69) is 11.4 Å². The molecule has 1 fully saturated rings. The summed E-state index contributed by atoms with van der Waals surface area (Å²) in [5.41, 5.74) is 5.09. The highest BCUT2D eigenvalue weighted by Gasteiger charge is 2.28. The molecule has 8 heteroatoms. The number of carbonyl (C=O) groups is 2. The molecule has 4 aromatic rings. The van der Waals surface area contributed by atoms with Gasteiger partial charge in [-0.05, 0) is 115 Å². The molecular weight excluding hydrogens is 618 g/mol. The zero-order valence-corrected chi connectivity index (χ0v) is 28.0. The number of carboxylic acid groups (broad SMARTS) is 1. The Hall–Kier alpha value is -3.52. The van der Waals surface area contributed by atoms with Gasteiger partial charge >= 0.3 is 5.97 Å². The van der Waals surface area contributed by atoms with Gasteiger partial charge in [-0.2, -0.15) is 11.8 Å². The maximum absolute atomic E-state index is 13.5. The monoisotopic (exact) mass is 659 g/mol. The van der Waals surface area contributed by atoms with Gasteiger partial charge in [0.15, 0.2) is 0 Å². The Kier molecular flexibility index (Phi) is 12.0. The van der Waals surface area contributed by atoms with Crippen molar-refractivity contribution in [1.82, 2.24) is 5.32 Å². The Morgan fingerprint density at radius 1 is 1.00 bits per heavy atom. The molecule has 2 atom stereocenters. The summed E-state index contributed by atoms with van der Waals surface area (Å²) in [7, 11) is 0. The van der Waals surface area contributed by atoms with E-state index in [1.165, 1.54) is 19.3 Å². The molecule has 1 amide bonds. The third kappa shape index (κ3) is 8.64. The van der Waals surface area contributed by atoms with Crippen molar-refractivity contribution < 1.29 is 23.8 Å². The van der Waals surface area contributed by atoms with E-state index in [0.717, 1.165) is 52.2 Å². The third-order valence-corrected chi connectivity index (χ3v) is 9.78. The van der Waals surface area contributed by atoms with Crippen molar-refractivity contribution in [3.05, 3.63) is 106 Å². The number of amides is 1. The van der Waals surface area contributed by atoms with E-state index in [0.29, 0.717) is 41.9 Å². The summed E-state index contributed by atoms with van der Waals surface area (Å²) in [5.74, 6) is 1.60. The van der Waals surface area contributed by atoms with Crippen LogP contribution in [0.2, 0.25) is 5.02 Å². The molecule has 0 saturated heterocycles. The zero-order valence-electron chi connectivity index (χ0n) is 26.5. The number of ether oxygens (including phenoxy) is 1. The van der Waals surface area contributed by atoms with E-state index >= 15 is 0 Å². The average molecular weight is 660 g/mol. The minimum absolute atomic E-state index is 0.136. The van der Waals surface area contributed by atoms with Gasteiger partial charge in [-0.3, -0.25) is 4.79 Å². The van der Waals surface area contributed by atoms with Gasteiger partial charge in [0.25, 0.3) is 5.91 Å². The van der Waals surface area contributed by atoms with Crippen molar-refractivity contribution in [2.45, 2.75) is 64.0 Å². The number of nitrogens with one attached hydrogen (secondary N) is 1. The molecule has 5 rings (SSSR count). The number of carboxylic acids is 1. The standard InChI is InChI=1S/C38H42ClNO5S/c1-25-8-6-7-11-30(25)32-22-26(12-17-31(32)37(41)40-34(38(42)43)20-21-46-2)23-44-24-33(27-9-4-3-5-10-27)36-19-18-35(45-36)28-13-15-29(39)16-14-28/h6-8,11-19,22,27,33-34H,3-5,9-10,20-21,23-24H2,1-2H3,(H,40,41)(H,42,43)/t33?,34-/m0/s1. The van der Waals surface area contributed by atoms with Crippen molar-refractivity contribution in [3.63, 3.8) is 0 Å². The molecule has 0 bridgehead atoms. The molecule has 1 aliphatic carbocycles. The van der Waals surface area contributed by atoms with Gasteiger partial charge in [0, 0.05) is 22.1 Å². The lowest BCUT2D eigenvalue weighted by Gasteiger charge is -2.29. The molecule has 1 aliphatic rings. The second kappa shape index (κ2) is 16.3. The first-order chi connectivity index (χ1) is 22.3. The van der Waals surface area contributed by atoms with Crippen molar-refractivity contribution in [1.29, 1.82) is 0 Å². The number of hydrogen-bond donors (Lipinski definition) is 2. The van der Waals surface area contributed by atoms with Crippen LogP contribution >= 0.6 is 23.4 Å². The summed E-state index contributed by atoms with van der Waals surface area (Å²) >= 11 is 7.65. The minimum Gasteiger partial charge on any atom is -0.480 e. The summed E-state index contributed by atoms with van der Waals surface area (Å²) in [6, 6.07) is 24.4. The lowest BCUT2D eigenvalue weighted by molar-refractivity contribution is -0.139. The lowest BCUT2D eigenvalue weighted by Crippen LogP contribution is -2.41. The normalized spacial score (nSPS) is 14.9. The summed E-state index contributed by atoms with van der Waals surface area (Å²) in [6.07, 6.45) is 8.28. The number of carbonyl (C=O) groups excluding carboxylic acids is 1. The van der Waals surface area contributed by atoms with Gasteiger partial charge in [-0.1, -0.05) is 61.2 Å². The van der Waals surface area contributed by atoms with Gasteiger partial charge in [0.1, 0.15) is 17.6 Å². The fourth-order valence-electron chi connectivity index (χ4n) is 6.32. The third-order valence-electron chi connectivity index (χ3n) is 8.88. The SMILES string of the molecule is CSCC[C@H](NC(=O)c1ccc(COCC(c2ccc(-c3ccc(Cl)cc3)o2)C2CCCCC2)cc1-c1ccccc1C)C(=O)O. The largest absolute Gasteiger partial charge is 0.480 e. The maximum Gasteiger partial charge on any atom is 0.326 e. The summed E-state index contributed by atoms with van der Waals surface area (Å²) in [6.45, 7) is 2.91. The highest BCUT2D eigenvalue weighted by Crippen LogP contribution is 2.39. The van der Waals surface area contributed by atoms with Crippen LogP contribution in [0.4, 0.5) is 0 Å². The molecule has 2 N–H and O–H groups in total. The molecule has 0 spiro atoms. The topological polar surface area (TPSA) is 88.8 Å². The van der Waals surface area contributed by atoms with Gasteiger partial charge in [-0.15, -0.1) is 0 Å². The maximum atomic E-state index is 13.5. The molecule has 3 aromatic carbocycles. The van der Waals surface area contributed by atoms with Crippen LogP contribution in [0, 0.1) is 12.8 Å². The number of benzene rings is 3. The molecule has 6 nitrogen and oxygen atoms in total.